The van der Waals surface area contributed by atoms with E-state index in [9.17, 15) is 19.5 Å². The van der Waals surface area contributed by atoms with Crippen LogP contribution in [0.5, 0.6) is 0 Å². The van der Waals surface area contributed by atoms with Gasteiger partial charge < -0.3 is 15.2 Å². The molecule has 0 radical (unpaired) electrons. The number of aliphatic carboxylic acids is 1. The lowest BCUT2D eigenvalue weighted by Crippen LogP contribution is -2.41. The molecule has 1 aliphatic rings. The Bertz CT molecular complexity index is 1180. The summed E-state index contributed by atoms with van der Waals surface area (Å²) in [5, 5.41) is 14.5. The number of nitrogens with one attached hydrogen (secondary N) is 2. The molecule has 3 aromatic carbocycles. The van der Waals surface area contributed by atoms with Gasteiger partial charge in [0.1, 0.15) is 12.6 Å². The molecule has 0 saturated heterocycles. The van der Waals surface area contributed by atoms with Crippen molar-refractivity contribution in [2.75, 3.05) is 23.9 Å². The summed E-state index contributed by atoms with van der Waals surface area (Å²) in [5.41, 5.74) is 5.35. The zero-order valence-electron chi connectivity index (χ0n) is 19.2. The van der Waals surface area contributed by atoms with E-state index in [-0.39, 0.29) is 12.5 Å². The molecule has 0 bridgehead atoms. The molecule has 0 fully saturated rings. The molecule has 8 heteroatoms. The van der Waals surface area contributed by atoms with Gasteiger partial charge in [-0.1, -0.05) is 48.5 Å². The number of amides is 2. The minimum absolute atomic E-state index is 0.0347. The van der Waals surface area contributed by atoms with Gasteiger partial charge in [-0.15, -0.1) is 0 Å². The van der Waals surface area contributed by atoms with Crippen molar-refractivity contribution in [2.24, 2.45) is 0 Å². The Balaban J connectivity index is 1.34. The van der Waals surface area contributed by atoms with Crippen molar-refractivity contribution in [3.8, 4) is 11.1 Å². The van der Waals surface area contributed by atoms with Crippen LogP contribution in [0.4, 0.5) is 10.5 Å². The lowest BCUT2D eigenvalue weighted by molar-refractivity contribution is -0.139. The van der Waals surface area contributed by atoms with E-state index >= 15 is 0 Å². The van der Waals surface area contributed by atoms with E-state index in [4.69, 9.17) is 4.74 Å². The molecule has 1 atom stereocenters. The number of anilines is 1. The molecule has 4 rings (SSSR count). The van der Waals surface area contributed by atoms with E-state index in [2.05, 4.69) is 34.9 Å². The zero-order valence-corrected chi connectivity index (χ0v) is 20.0. The van der Waals surface area contributed by atoms with E-state index in [1.807, 2.05) is 30.5 Å². The minimum atomic E-state index is -1.07. The van der Waals surface area contributed by atoms with Gasteiger partial charge >= 0.3 is 12.1 Å². The number of fused-ring (bicyclic) bond motifs is 3. The first-order chi connectivity index (χ1) is 17.0. The number of hydrogen-bond donors (Lipinski definition) is 3. The van der Waals surface area contributed by atoms with Gasteiger partial charge in [-0.05, 0) is 64.9 Å². The van der Waals surface area contributed by atoms with Crippen LogP contribution in [0.3, 0.4) is 0 Å². The van der Waals surface area contributed by atoms with Gasteiger partial charge in [0.05, 0.1) is 0 Å². The fourth-order valence-electron chi connectivity index (χ4n) is 4.19. The van der Waals surface area contributed by atoms with Crippen LogP contribution in [0.25, 0.3) is 11.1 Å². The summed E-state index contributed by atoms with van der Waals surface area (Å²) in [7, 11) is 0. The van der Waals surface area contributed by atoms with Gasteiger partial charge in [-0.25, -0.2) is 9.59 Å². The Labute approximate surface area is 207 Å². The number of carboxylic acid groups (broad SMARTS) is 1. The highest BCUT2D eigenvalue weighted by molar-refractivity contribution is 7.98. The topological polar surface area (TPSA) is 105 Å². The van der Waals surface area contributed by atoms with Crippen LogP contribution < -0.4 is 10.6 Å². The van der Waals surface area contributed by atoms with Gasteiger partial charge in [0, 0.05) is 17.2 Å². The van der Waals surface area contributed by atoms with Gasteiger partial charge in [0.2, 0.25) is 0 Å². The third-order valence-corrected chi connectivity index (χ3v) is 6.60. The molecule has 3 aromatic rings. The lowest BCUT2D eigenvalue weighted by Gasteiger charge is -2.15. The Hall–Kier alpha value is -3.78. The Morgan fingerprint density at radius 1 is 0.943 bits per heavy atom. The number of carbonyl (C=O) groups is 3. The van der Waals surface area contributed by atoms with Gasteiger partial charge in [0.15, 0.2) is 0 Å². The van der Waals surface area contributed by atoms with Gasteiger partial charge in [0.25, 0.3) is 5.91 Å². The molecule has 180 valence electrons. The van der Waals surface area contributed by atoms with Crippen LogP contribution in [-0.2, 0) is 9.53 Å². The predicted octanol–water partition coefficient (Wildman–Crippen LogP) is 4.98. The zero-order chi connectivity index (χ0) is 24.8. The first-order valence-corrected chi connectivity index (χ1v) is 12.6. The molecule has 0 spiro atoms. The average Bonchev–Trinajstić information content (AvgIpc) is 3.19. The number of thioether (sulfide) groups is 1. The SMILES string of the molecule is CSCCC(NC(=O)c1ccc(NC(=O)OCC2c3ccccc3-c3ccccc32)cc1)C(=O)O. The molecule has 0 heterocycles. The molecule has 7 nitrogen and oxygen atoms in total. The quantitative estimate of drug-likeness (QED) is 0.391. The Morgan fingerprint density at radius 3 is 2.11 bits per heavy atom. The van der Waals surface area contributed by atoms with E-state index in [1.165, 1.54) is 23.9 Å². The monoisotopic (exact) mass is 490 g/mol. The predicted molar refractivity (Wildman–Crippen MR) is 137 cm³/mol. The molecule has 35 heavy (non-hydrogen) atoms. The van der Waals surface area contributed by atoms with Gasteiger partial charge in [-0.3, -0.25) is 10.1 Å². The molecule has 2 amide bonds. The maximum atomic E-state index is 12.5. The van der Waals surface area contributed by atoms with Crippen molar-refractivity contribution in [3.05, 3.63) is 89.5 Å². The fourth-order valence-corrected chi connectivity index (χ4v) is 4.66. The highest BCUT2D eigenvalue weighted by Gasteiger charge is 2.29. The first-order valence-electron chi connectivity index (χ1n) is 11.2. The maximum absolute atomic E-state index is 12.5. The number of carboxylic acids is 1. The molecule has 0 aliphatic heterocycles. The summed E-state index contributed by atoms with van der Waals surface area (Å²) in [5.74, 6) is -0.958. The molecule has 1 aliphatic carbocycles. The number of rotatable bonds is 9. The summed E-state index contributed by atoms with van der Waals surface area (Å²) in [6, 6.07) is 21.5. The second kappa shape index (κ2) is 11.1. The van der Waals surface area contributed by atoms with Gasteiger partial charge in [-0.2, -0.15) is 11.8 Å². The summed E-state index contributed by atoms with van der Waals surface area (Å²) < 4.78 is 5.54. The van der Waals surface area contributed by atoms with Crippen LogP contribution in [0.1, 0.15) is 33.8 Å². The standard InChI is InChI=1S/C27H26N2O5S/c1-35-15-14-24(26(31)32)29-25(30)17-10-12-18(13-11-17)28-27(33)34-16-23-21-8-4-2-6-19(21)20-7-3-5-9-22(20)23/h2-13,23-24H,14-16H2,1H3,(H,28,33)(H,29,30)(H,31,32). The normalized spacial score (nSPS) is 12.8. The fraction of sp³-hybridized carbons (Fsp3) is 0.222. The molecule has 0 saturated carbocycles. The number of ether oxygens (including phenoxy) is 1. The van der Waals surface area contributed by atoms with Crippen molar-refractivity contribution < 1.29 is 24.2 Å². The third kappa shape index (κ3) is 5.66. The van der Waals surface area contributed by atoms with E-state index in [1.54, 1.807) is 12.1 Å². The lowest BCUT2D eigenvalue weighted by atomic mass is 9.98. The minimum Gasteiger partial charge on any atom is -0.480 e. The third-order valence-electron chi connectivity index (χ3n) is 5.95. The summed E-state index contributed by atoms with van der Waals surface area (Å²) in [4.78, 5) is 36.2. The average molecular weight is 491 g/mol. The van der Waals surface area contributed by atoms with Crippen molar-refractivity contribution in [2.45, 2.75) is 18.4 Å². The van der Waals surface area contributed by atoms with Crippen LogP contribution in [0.15, 0.2) is 72.8 Å². The first kappa shape index (κ1) is 24.3. The molecule has 0 aromatic heterocycles. The van der Waals surface area contributed by atoms with E-state index in [0.29, 0.717) is 23.4 Å². The number of carbonyl (C=O) groups excluding carboxylic acids is 2. The van der Waals surface area contributed by atoms with Crippen molar-refractivity contribution >= 4 is 35.4 Å². The smallest absolute Gasteiger partial charge is 0.411 e. The number of hydrogen-bond acceptors (Lipinski definition) is 5. The van der Waals surface area contributed by atoms with Crippen LogP contribution in [0, 0.1) is 0 Å². The highest BCUT2D eigenvalue weighted by atomic mass is 32.2. The Morgan fingerprint density at radius 2 is 1.54 bits per heavy atom. The maximum Gasteiger partial charge on any atom is 0.411 e. The van der Waals surface area contributed by atoms with Crippen molar-refractivity contribution in [1.29, 1.82) is 0 Å². The van der Waals surface area contributed by atoms with Crippen molar-refractivity contribution in [1.82, 2.24) is 5.32 Å². The van der Waals surface area contributed by atoms with Crippen LogP contribution in [0.2, 0.25) is 0 Å². The molecular formula is C27H26N2O5S. The van der Waals surface area contributed by atoms with E-state index in [0.717, 1.165) is 22.3 Å². The Kier molecular flexibility index (Phi) is 7.72. The van der Waals surface area contributed by atoms with E-state index < -0.39 is 24.0 Å². The summed E-state index contributed by atoms with van der Waals surface area (Å²) in [6.07, 6.45) is 1.62. The van der Waals surface area contributed by atoms with Crippen molar-refractivity contribution in [3.63, 3.8) is 0 Å². The largest absolute Gasteiger partial charge is 0.480 e. The second-order valence-electron chi connectivity index (χ2n) is 8.17. The summed E-state index contributed by atoms with van der Waals surface area (Å²) >= 11 is 1.52. The highest BCUT2D eigenvalue weighted by Crippen LogP contribution is 2.44. The summed E-state index contributed by atoms with van der Waals surface area (Å²) in [6.45, 7) is 0.201. The molecule has 3 N–H and O–H groups in total. The van der Waals surface area contributed by atoms with Crippen LogP contribution >= 0.6 is 11.8 Å². The molecule has 1 unspecified atom stereocenters. The second-order valence-corrected chi connectivity index (χ2v) is 9.16. The number of benzene rings is 3. The van der Waals surface area contributed by atoms with Crippen LogP contribution in [-0.4, -0.2) is 47.7 Å². The molecular weight excluding hydrogens is 464 g/mol.